The summed E-state index contributed by atoms with van der Waals surface area (Å²) in [5, 5.41) is 0. The quantitative estimate of drug-likeness (QED) is 0.804. The zero-order valence-electron chi connectivity index (χ0n) is 11.0. The van der Waals surface area contributed by atoms with Gasteiger partial charge in [0.1, 0.15) is 0 Å². The number of thioether (sulfide) groups is 1. The molecule has 1 heterocycles. The minimum absolute atomic E-state index is 0.0664. The molecule has 1 aliphatic heterocycles. The van der Waals surface area contributed by atoms with Crippen LogP contribution in [0.15, 0.2) is 18.2 Å². The van der Waals surface area contributed by atoms with Crippen LogP contribution >= 0.6 is 11.8 Å². The zero-order chi connectivity index (χ0) is 13.0. The van der Waals surface area contributed by atoms with Crippen LogP contribution in [0.25, 0.3) is 0 Å². The molecule has 0 fully saturated rings. The predicted octanol–water partition coefficient (Wildman–Crippen LogP) is 3.19. The van der Waals surface area contributed by atoms with Crippen molar-refractivity contribution in [1.82, 2.24) is 0 Å². The number of nitrogens with two attached hydrogens (primary N) is 1. The predicted molar refractivity (Wildman–Crippen MR) is 76.3 cm³/mol. The van der Waals surface area contributed by atoms with Gasteiger partial charge in [-0.3, -0.25) is 0 Å². The smallest absolute Gasteiger partial charge is 0.231 e. The third-order valence-electron chi connectivity index (χ3n) is 2.96. The van der Waals surface area contributed by atoms with Crippen molar-refractivity contribution in [3.05, 3.63) is 23.8 Å². The first-order valence-electron chi connectivity index (χ1n) is 6.39. The first-order chi connectivity index (χ1) is 8.66. The fraction of sp³-hybridized carbons (Fsp3) is 0.571. The highest BCUT2D eigenvalue weighted by molar-refractivity contribution is 7.99. The number of hydrogen-bond acceptors (Lipinski definition) is 4. The van der Waals surface area contributed by atoms with Crippen molar-refractivity contribution >= 4 is 11.8 Å². The standard InChI is InChI=1S/C14H21NO2S/c1-10(2)5-6-18-8-12(15)11-3-4-13-14(7-11)17-9-16-13/h3-4,7,10,12H,5-6,8-9,15H2,1-2H3. The third kappa shape index (κ3) is 3.56. The van der Waals surface area contributed by atoms with Crippen LogP contribution in [-0.2, 0) is 0 Å². The molecule has 0 bridgehead atoms. The van der Waals surface area contributed by atoms with Crippen molar-refractivity contribution in [3.63, 3.8) is 0 Å². The fourth-order valence-corrected chi connectivity index (χ4v) is 3.02. The SMILES string of the molecule is CC(C)CCSCC(N)c1ccc2c(c1)OCO2. The fourth-order valence-electron chi connectivity index (χ4n) is 1.77. The molecule has 0 aromatic heterocycles. The third-order valence-corrected chi connectivity index (χ3v) is 4.08. The van der Waals surface area contributed by atoms with Crippen LogP contribution in [0.5, 0.6) is 11.5 Å². The molecule has 1 aromatic rings. The molecule has 2 N–H and O–H groups in total. The zero-order valence-corrected chi connectivity index (χ0v) is 11.8. The molecule has 1 atom stereocenters. The van der Waals surface area contributed by atoms with Crippen molar-refractivity contribution in [2.45, 2.75) is 26.3 Å². The van der Waals surface area contributed by atoms with Crippen molar-refractivity contribution in [3.8, 4) is 11.5 Å². The minimum atomic E-state index is 0.0664. The molecule has 3 nitrogen and oxygen atoms in total. The normalized spacial score (nSPS) is 15.1. The molecule has 1 unspecified atom stereocenters. The van der Waals surface area contributed by atoms with Crippen molar-refractivity contribution in [2.75, 3.05) is 18.3 Å². The number of ether oxygens (including phenoxy) is 2. The lowest BCUT2D eigenvalue weighted by Gasteiger charge is -2.12. The van der Waals surface area contributed by atoms with E-state index in [1.165, 1.54) is 12.2 Å². The van der Waals surface area contributed by atoms with Crippen LogP contribution in [-0.4, -0.2) is 18.3 Å². The Morgan fingerprint density at radius 1 is 1.28 bits per heavy atom. The number of benzene rings is 1. The average Bonchev–Trinajstić information content (AvgIpc) is 2.81. The summed E-state index contributed by atoms with van der Waals surface area (Å²) in [6.07, 6.45) is 1.25. The molecule has 18 heavy (non-hydrogen) atoms. The molecule has 2 rings (SSSR count). The topological polar surface area (TPSA) is 44.5 Å². The minimum Gasteiger partial charge on any atom is -0.454 e. The average molecular weight is 267 g/mol. The molecule has 0 spiro atoms. The van der Waals surface area contributed by atoms with E-state index in [-0.39, 0.29) is 6.04 Å². The highest BCUT2D eigenvalue weighted by Gasteiger charge is 2.15. The maximum Gasteiger partial charge on any atom is 0.231 e. The van der Waals surface area contributed by atoms with E-state index in [1.54, 1.807) is 0 Å². The largest absolute Gasteiger partial charge is 0.454 e. The molecule has 1 aliphatic rings. The maximum absolute atomic E-state index is 6.19. The van der Waals surface area contributed by atoms with Gasteiger partial charge in [0.25, 0.3) is 0 Å². The van der Waals surface area contributed by atoms with Crippen LogP contribution in [0.1, 0.15) is 31.9 Å². The number of fused-ring (bicyclic) bond motifs is 1. The second-order valence-corrected chi connectivity index (χ2v) is 6.13. The molecule has 0 aliphatic carbocycles. The van der Waals surface area contributed by atoms with Gasteiger partial charge in [0.05, 0.1) is 0 Å². The second kappa shape index (κ2) is 6.34. The molecule has 0 amide bonds. The van der Waals surface area contributed by atoms with Crippen LogP contribution in [0.2, 0.25) is 0 Å². The van der Waals surface area contributed by atoms with Gasteiger partial charge >= 0.3 is 0 Å². The summed E-state index contributed by atoms with van der Waals surface area (Å²) in [5.74, 6) is 4.52. The molecule has 1 aromatic carbocycles. The van der Waals surface area contributed by atoms with E-state index < -0.39 is 0 Å². The molecule has 100 valence electrons. The van der Waals surface area contributed by atoms with Gasteiger partial charge in [-0.1, -0.05) is 19.9 Å². The van der Waals surface area contributed by atoms with E-state index >= 15 is 0 Å². The van der Waals surface area contributed by atoms with E-state index in [1.807, 2.05) is 30.0 Å². The van der Waals surface area contributed by atoms with Crippen LogP contribution in [0.4, 0.5) is 0 Å². The highest BCUT2D eigenvalue weighted by atomic mass is 32.2. The summed E-state index contributed by atoms with van der Waals surface area (Å²) in [5.41, 5.74) is 7.31. The van der Waals surface area contributed by atoms with E-state index in [9.17, 15) is 0 Å². The molecular weight excluding hydrogens is 246 g/mol. The lowest BCUT2D eigenvalue weighted by atomic mass is 10.1. The highest BCUT2D eigenvalue weighted by Crippen LogP contribution is 2.34. The van der Waals surface area contributed by atoms with Gasteiger partial charge in [-0.15, -0.1) is 0 Å². The van der Waals surface area contributed by atoms with Gasteiger partial charge in [0.15, 0.2) is 11.5 Å². The molecule has 0 radical (unpaired) electrons. The summed E-state index contributed by atoms with van der Waals surface area (Å²) >= 11 is 1.92. The summed E-state index contributed by atoms with van der Waals surface area (Å²) in [7, 11) is 0. The van der Waals surface area contributed by atoms with Gasteiger partial charge in [-0.2, -0.15) is 11.8 Å². The van der Waals surface area contributed by atoms with Crippen LogP contribution < -0.4 is 15.2 Å². The Balaban J connectivity index is 1.83. The van der Waals surface area contributed by atoms with Gasteiger partial charge in [-0.25, -0.2) is 0 Å². The maximum atomic E-state index is 6.19. The summed E-state index contributed by atoms with van der Waals surface area (Å²) in [6.45, 7) is 4.81. The first-order valence-corrected chi connectivity index (χ1v) is 7.55. The Bertz CT molecular complexity index is 395. The van der Waals surface area contributed by atoms with Crippen molar-refractivity contribution in [1.29, 1.82) is 0 Å². The van der Waals surface area contributed by atoms with E-state index in [4.69, 9.17) is 15.2 Å². The Kier molecular flexibility index (Phi) is 4.78. The number of hydrogen-bond donors (Lipinski definition) is 1. The molecule has 4 heteroatoms. The van der Waals surface area contributed by atoms with E-state index in [0.29, 0.717) is 6.79 Å². The Morgan fingerprint density at radius 2 is 2.06 bits per heavy atom. The second-order valence-electron chi connectivity index (χ2n) is 4.98. The number of rotatable bonds is 6. The van der Waals surface area contributed by atoms with Crippen LogP contribution in [0, 0.1) is 5.92 Å². The Hall–Kier alpha value is -0.870. The lowest BCUT2D eigenvalue weighted by molar-refractivity contribution is 0.174. The molecular formula is C14H21NO2S. The summed E-state index contributed by atoms with van der Waals surface area (Å²) in [6, 6.07) is 6.03. The van der Waals surface area contributed by atoms with E-state index in [0.717, 1.165) is 28.7 Å². The molecule has 0 saturated heterocycles. The van der Waals surface area contributed by atoms with Crippen molar-refractivity contribution < 1.29 is 9.47 Å². The van der Waals surface area contributed by atoms with Crippen molar-refractivity contribution in [2.24, 2.45) is 11.7 Å². The van der Waals surface area contributed by atoms with Crippen LogP contribution in [0.3, 0.4) is 0 Å². The molecule has 0 saturated carbocycles. The lowest BCUT2D eigenvalue weighted by Crippen LogP contribution is -2.13. The Labute approximate surface area is 113 Å². The summed E-state index contributed by atoms with van der Waals surface area (Å²) in [4.78, 5) is 0. The van der Waals surface area contributed by atoms with Gasteiger partial charge in [0.2, 0.25) is 6.79 Å². The summed E-state index contributed by atoms with van der Waals surface area (Å²) < 4.78 is 10.7. The first kappa shape index (κ1) is 13.6. The van der Waals surface area contributed by atoms with E-state index in [2.05, 4.69) is 13.8 Å². The van der Waals surface area contributed by atoms with Gasteiger partial charge < -0.3 is 15.2 Å². The van der Waals surface area contributed by atoms with Gasteiger partial charge in [-0.05, 0) is 35.8 Å². The monoisotopic (exact) mass is 267 g/mol. The van der Waals surface area contributed by atoms with Gasteiger partial charge in [0, 0.05) is 11.8 Å². The Morgan fingerprint density at radius 3 is 2.83 bits per heavy atom.